The van der Waals surface area contributed by atoms with Crippen LogP contribution < -0.4 is 0 Å². The van der Waals surface area contributed by atoms with Crippen molar-refractivity contribution in [3.05, 3.63) is 71.8 Å². The average Bonchev–Trinajstić information content (AvgIpc) is 2.53. The summed E-state index contributed by atoms with van der Waals surface area (Å²) in [4.78, 5) is 0. The minimum atomic E-state index is -0.565. The van der Waals surface area contributed by atoms with Gasteiger partial charge in [0.25, 0.3) is 0 Å². The first-order valence-corrected chi connectivity index (χ1v) is 7.07. The van der Waals surface area contributed by atoms with Crippen molar-refractivity contribution < 1.29 is 10.2 Å². The Morgan fingerprint density at radius 2 is 0.900 bits per heavy atom. The van der Waals surface area contributed by atoms with Crippen molar-refractivity contribution in [2.24, 2.45) is 11.8 Å². The Balaban J connectivity index is 2.10. The zero-order valence-corrected chi connectivity index (χ0v) is 12.0. The molecule has 106 valence electrons. The summed E-state index contributed by atoms with van der Waals surface area (Å²) in [7, 11) is 0. The van der Waals surface area contributed by atoms with E-state index in [0.29, 0.717) is 0 Å². The Morgan fingerprint density at radius 1 is 0.600 bits per heavy atom. The third-order valence-electron chi connectivity index (χ3n) is 4.11. The van der Waals surface area contributed by atoms with Crippen molar-refractivity contribution in [3.63, 3.8) is 0 Å². The second kappa shape index (κ2) is 6.69. The highest BCUT2D eigenvalue weighted by Crippen LogP contribution is 2.35. The van der Waals surface area contributed by atoms with E-state index in [1.807, 2.05) is 74.5 Å². The highest BCUT2D eigenvalue weighted by molar-refractivity contribution is 5.20. The van der Waals surface area contributed by atoms with E-state index < -0.39 is 12.2 Å². The molecule has 0 heterocycles. The smallest absolute Gasteiger partial charge is 0.0819 e. The molecule has 2 rings (SSSR count). The lowest BCUT2D eigenvalue weighted by Gasteiger charge is -2.29. The van der Waals surface area contributed by atoms with E-state index in [1.54, 1.807) is 0 Å². The number of benzene rings is 2. The molecule has 0 radical (unpaired) electrons. The van der Waals surface area contributed by atoms with Gasteiger partial charge in [-0.15, -0.1) is 0 Å². The van der Waals surface area contributed by atoms with E-state index >= 15 is 0 Å². The van der Waals surface area contributed by atoms with Gasteiger partial charge < -0.3 is 10.2 Å². The van der Waals surface area contributed by atoms with Crippen molar-refractivity contribution in [2.75, 3.05) is 0 Å². The lowest BCUT2D eigenvalue weighted by atomic mass is 9.81. The molecule has 0 aliphatic carbocycles. The molecule has 2 nitrogen and oxygen atoms in total. The van der Waals surface area contributed by atoms with E-state index in [-0.39, 0.29) is 11.8 Å². The van der Waals surface area contributed by atoms with Crippen LogP contribution in [0.4, 0.5) is 0 Å². The van der Waals surface area contributed by atoms with Gasteiger partial charge in [-0.3, -0.25) is 0 Å². The van der Waals surface area contributed by atoms with Crippen molar-refractivity contribution in [1.82, 2.24) is 0 Å². The van der Waals surface area contributed by atoms with E-state index in [2.05, 4.69) is 0 Å². The minimum Gasteiger partial charge on any atom is -0.388 e. The van der Waals surface area contributed by atoms with Crippen LogP contribution >= 0.6 is 0 Å². The van der Waals surface area contributed by atoms with Gasteiger partial charge in [0.15, 0.2) is 0 Å². The second-order valence-electron chi connectivity index (χ2n) is 5.43. The first-order chi connectivity index (χ1) is 9.61. The molecular weight excluding hydrogens is 248 g/mol. The molecule has 0 spiro atoms. The molecule has 2 aromatic carbocycles. The third-order valence-corrected chi connectivity index (χ3v) is 4.11. The van der Waals surface area contributed by atoms with Gasteiger partial charge in [0.2, 0.25) is 0 Å². The predicted octanol–water partition coefficient (Wildman–Crippen LogP) is 3.73. The molecule has 0 fully saturated rings. The standard InChI is InChI=1S/C18H22O2/c1-13(17(19)15-9-5-3-6-10-15)14(2)18(20)16-11-7-4-8-12-16/h3-14,17-20H,1-2H3. The maximum absolute atomic E-state index is 10.4. The summed E-state index contributed by atoms with van der Waals surface area (Å²) < 4.78 is 0. The average molecular weight is 270 g/mol. The zero-order valence-electron chi connectivity index (χ0n) is 12.0. The molecule has 2 N–H and O–H groups in total. The van der Waals surface area contributed by atoms with Gasteiger partial charge in [-0.25, -0.2) is 0 Å². The molecule has 2 heteroatoms. The van der Waals surface area contributed by atoms with Gasteiger partial charge in [0.1, 0.15) is 0 Å². The maximum Gasteiger partial charge on any atom is 0.0819 e. The highest BCUT2D eigenvalue weighted by Gasteiger charge is 2.28. The number of aliphatic hydroxyl groups excluding tert-OH is 2. The first-order valence-electron chi connectivity index (χ1n) is 7.07. The van der Waals surface area contributed by atoms with Gasteiger partial charge in [-0.2, -0.15) is 0 Å². The summed E-state index contributed by atoms with van der Waals surface area (Å²) >= 11 is 0. The molecule has 0 saturated heterocycles. The van der Waals surface area contributed by atoms with Crippen molar-refractivity contribution in [2.45, 2.75) is 26.1 Å². The van der Waals surface area contributed by atoms with E-state index in [1.165, 1.54) is 0 Å². The van der Waals surface area contributed by atoms with Gasteiger partial charge in [0, 0.05) is 0 Å². The molecule has 0 bridgehead atoms. The Labute approximate surface area is 120 Å². The predicted molar refractivity (Wildman–Crippen MR) is 81.1 cm³/mol. The van der Waals surface area contributed by atoms with Crippen LogP contribution in [0.15, 0.2) is 60.7 Å². The van der Waals surface area contributed by atoms with E-state index in [9.17, 15) is 10.2 Å². The fourth-order valence-electron chi connectivity index (χ4n) is 2.48. The van der Waals surface area contributed by atoms with E-state index in [4.69, 9.17) is 0 Å². The monoisotopic (exact) mass is 270 g/mol. The molecule has 0 aliphatic heterocycles. The summed E-state index contributed by atoms with van der Waals surface area (Å²) in [5.74, 6) is -0.0692. The quantitative estimate of drug-likeness (QED) is 0.869. The number of hydrogen-bond acceptors (Lipinski definition) is 2. The van der Waals surface area contributed by atoms with Gasteiger partial charge in [0.05, 0.1) is 12.2 Å². The highest BCUT2D eigenvalue weighted by atomic mass is 16.3. The number of rotatable bonds is 5. The molecule has 2 aromatic rings. The van der Waals surface area contributed by atoms with Gasteiger partial charge in [-0.1, -0.05) is 74.5 Å². The van der Waals surface area contributed by atoms with Crippen LogP contribution in [0.25, 0.3) is 0 Å². The van der Waals surface area contributed by atoms with Crippen molar-refractivity contribution >= 4 is 0 Å². The van der Waals surface area contributed by atoms with Crippen LogP contribution in [0, 0.1) is 11.8 Å². The number of aliphatic hydroxyl groups is 2. The normalized spacial score (nSPS) is 17.2. The van der Waals surface area contributed by atoms with Crippen molar-refractivity contribution in [3.8, 4) is 0 Å². The maximum atomic E-state index is 10.4. The Kier molecular flexibility index (Phi) is 4.94. The summed E-state index contributed by atoms with van der Waals surface area (Å²) in [5.41, 5.74) is 1.79. The van der Waals surface area contributed by atoms with E-state index in [0.717, 1.165) is 11.1 Å². The van der Waals surface area contributed by atoms with Crippen molar-refractivity contribution in [1.29, 1.82) is 0 Å². The zero-order chi connectivity index (χ0) is 14.5. The fourth-order valence-corrected chi connectivity index (χ4v) is 2.48. The molecule has 4 unspecified atom stereocenters. The first kappa shape index (κ1) is 14.8. The van der Waals surface area contributed by atoms with Crippen LogP contribution in [0.5, 0.6) is 0 Å². The van der Waals surface area contributed by atoms with Crippen LogP contribution in [-0.2, 0) is 0 Å². The lowest BCUT2D eigenvalue weighted by Crippen LogP contribution is -2.23. The summed E-state index contributed by atoms with van der Waals surface area (Å²) in [6, 6.07) is 19.2. The fraction of sp³-hybridized carbons (Fsp3) is 0.333. The molecule has 0 aromatic heterocycles. The topological polar surface area (TPSA) is 40.5 Å². The van der Waals surface area contributed by atoms with Gasteiger partial charge >= 0.3 is 0 Å². The number of hydrogen-bond donors (Lipinski definition) is 2. The summed E-state index contributed by atoms with van der Waals surface area (Å²) in [6.45, 7) is 3.96. The van der Waals surface area contributed by atoms with Crippen LogP contribution in [-0.4, -0.2) is 10.2 Å². The Bertz CT molecular complexity index is 460. The molecule has 0 aliphatic rings. The summed E-state index contributed by atoms with van der Waals surface area (Å²) in [6.07, 6.45) is -1.13. The Hall–Kier alpha value is -1.64. The Morgan fingerprint density at radius 3 is 1.20 bits per heavy atom. The largest absolute Gasteiger partial charge is 0.388 e. The SMILES string of the molecule is CC(C(O)c1ccccc1)C(C)C(O)c1ccccc1. The second-order valence-corrected chi connectivity index (χ2v) is 5.43. The third kappa shape index (κ3) is 3.27. The molecule has 0 amide bonds. The summed E-state index contributed by atoms with van der Waals surface area (Å²) in [5, 5.41) is 20.9. The molecule has 4 atom stereocenters. The molecule has 20 heavy (non-hydrogen) atoms. The van der Waals surface area contributed by atoms with Crippen LogP contribution in [0.1, 0.15) is 37.2 Å². The molecule has 0 saturated carbocycles. The molecular formula is C18H22O2. The van der Waals surface area contributed by atoms with Crippen LogP contribution in [0.2, 0.25) is 0 Å². The van der Waals surface area contributed by atoms with Crippen LogP contribution in [0.3, 0.4) is 0 Å². The minimum absolute atomic E-state index is 0.0346. The van der Waals surface area contributed by atoms with Gasteiger partial charge in [-0.05, 0) is 23.0 Å². The lowest BCUT2D eigenvalue weighted by molar-refractivity contribution is 0.0212.